The Kier molecular flexibility index (Phi) is 6.93. The van der Waals surface area contributed by atoms with Gasteiger partial charge in [-0.2, -0.15) is 0 Å². The quantitative estimate of drug-likeness (QED) is 0.335. The number of rotatable bonds is 7. The van der Waals surface area contributed by atoms with Gasteiger partial charge in [0.15, 0.2) is 11.0 Å². The zero-order valence-electron chi connectivity index (χ0n) is 17.9. The summed E-state index contributed by atoms with van der Waals surface area (Å²) in [4.78, 5) is 18.1. The first-order valence-corrected chi connectivity index (χ1v) is 12.2. The molecule has 1 amide bonds. The molecule has 4 aromatic rings. The lowest BCUT2D eigenvalue weighted by Gasteiger charge is -2.11. The third-order valence-corrected chi connectivity index (χ3v) is 6.86. The van der Waals surface area contributed by atoms with E-state index in [2.05, 4.69) is 38.8 Å². The van der Waals surface area contributed by atoms with Gasteiger partial charge in [0.2, 0.25) is 5.91 Å². The second-order valence-corrected chi connectivity index (χ2v) is 9.80. The minimum atomic E-state index is 0.0466. The summed E-state index contributed by atoms with van der Waals surface area (Å²) in [6, 6.07) is 15.8. The highest BCUT2D eigenvalue weighted by atomic mass is 35.5. The van der Waals surface area contributed by atoms with Crippen LogP contribution in [-0.4, -0.2) is 44.7 Å². The number of thiazole rings is 1. The van der Waals surface area contributed by atoms with Gasteiger partial charge in [0.1, 0.15) is 5.01 Å². The Balaban J connectivity index is 1.61. The Morgan fingerprint density at radius 1 is 1.16 bits per heavy atom. The molecule has 0 atom stereocenters. The second kappa shape index (κ2) is 9.85. The van der Waals surface area contributed by atoms with Crippen LogP contribution in [0.25, 0.3) is 17.1 Å². The Morgan fingerprint density at radius 3 is 2.66 bits per heavy atom. The molecule has 0 saturated carbocycles. The van der Waals surface area contributed by atoms with Crippen molar-refractivity contribution in [2.75, 3.05) is 14.1 Å². The van der Waals surface area contributed by atoms with Crippen LogP contribution in [-0.2, 0) is 17.0 Å². The van der Waals surface area contributed by atoms with Crippen molar-refractivity contribution < 1.29 is 4.79 Å². The van der Waals surface area contributed by atoms with Crippen molar-refractivity contribution >= 4 is 40.6 Å². The van der Waals surface area contributed by atoms with E-state index in [-0.39, 0.29) is 5.91 Å². The fourth-order valence-electron chi connectivity index (χ4n) is 3.07. The molecule has 9 heteroatoms. The Bertz CT molecular complexity index is 1230. The maximum Gasteiger partial charge on any atom is 0.228 e. The van der Waals surface area contributed by atoms with E-state index in [4.69, 9.17) is 11.6 Å². The summed E-state index contributed by atoms with van der Waals surface area (Å²) in [5, 5.41) is 13.2. The molecule has 0 aliphatic heterocycles. The highest BCUT2D eigenvalue weighted by Gasteiger charge is 2.17. The van der Waals surface area contributed by atoms with Gasteiger partial charge in [0.25, 0.3) is 0 Å². The summed E-state index contributed by atoms with van der Waals surface area (Å²) >= 11 is 9.15. The number of nitrogens with zero attached hydrogens (tertiary/aromatic N) is 5. The van der Waals surface area contributed by atoms with E-state index in [1.807, 2.05) is 41.8 Å². The van der Waals surface area contributed by atoms with Crippen LogP contribution in [0.1, 0.15) is 16.3 Å². The van der Waals surface area contributed by atoms with Crippen LogP contribution in [0.2, 0.25) is 5.02 Å². The molecule has 0 spiro atoms. The minimum absolute atomic E-state index is 0.0466. The second-order valence-electron chi connectivity index (χ2n) is 7.47. The molecule has 0 N–H and O–H groups in total. The first-order valence-electron chi connectivity index (χ1n) is 9.95. The molecule has 0 aliphatic carbocycles. The van der Waals surface area contributed by atoms with E-state index in [0.29, 0.717) is 17.2 Å². The van der Waals surface area contributed by atoms with Gasteiger partial charge >= 0.3 is 0 Å². The number of carbonyl (C=O) groups is 1. The Hall–Kier alpha value is -2.68. The number of hydrogen-bond acceptors (Lipinski definition) is 6. The Labute approximate surface area is 200 Å². The fraction of sp³-hybridized carbons (Fsp3) is 0.217. The monoisotopic (exact) mass is 483 g/mol. The van der Waals surface area contributed by atoms with Gasteiger partial charge in [0, 0.05) is 41.5 Å². The zero-order valence-corrected chi connectivity index (χ0v) is 20.3. The number of carbonyl (C=O) groups excluding carboxylic acids is 1. The number of aryl methyl sites for hydroxylation is 1. The topological polar surface area (TPSA) is 63.9 Å². The minimum Gasteiger partial charge on any atom is -0.348 e. The lowest BCUT2D eigenvalue weighted by molar-refractivity contribution is -0.127. The molecule has 164 valence electrons. The predicted octanol–water partition coefficient (Wildman–Crippen LogP) is 5.28. The molecule has 6 nitrogen and oxygen atoms in total. The van der Waals surface area contributed by atoms with Crippen molar-refractivity contribution in [3.63, 3.8) is 0 Å². The van der Waals surface area contributed by atoms with E-state index in [0.717, 1.165) is 38.5 Å². The summed E-state index contributed by atoms with van der Waals surface area (Å²) in [5.74, 6) is 1.44. The van der Waals surface area contributed by atoms with Crippen molar-refractivity contribution in [1.29, 1.82) is 0 Å². The average Bonchev–Trinajstić information content (AvgIpc) is 3.39. The smallest absolute Gasteiger partial charge is 0.228 e. The highest BCUT2D eigenvalue weighted by Crippen LogP contribution is 2.31. The molecular formula is C23H22ClN5OS2. The third kappa shape index (κ3) is 5.20. The number of likely N-dealkylation sites (N-methyl/N-ethyl adjacent to an activating group) is 1. The lowest BCUT2D eigenvalue weighted by atomic mass is 10.2. The molecular weight excluding hydrogens is 462 g/mol. The molecule has 32 heavy (non-hydrogen) atoms. The summed E-state index contributed by atoms with van der Waals surface area (Å²) in [6.07, 6.45) is 0.322. The van der Waals surface area contributed by atoms with Gasteiger partial charge in [0.05, 0.1) is 12.1 Å². The van der Waals surface area contributed by atoms with E-state index < -0.39 is 0 Å². The standard InChI is InChI=1S/C23H22ClN5OS2/c1-15-5-4-6-19(11-15)29-22(16-7-9-17(24)10-8-16)26-27-23(29)32-14-18-13-31-20(25-18)12-21(30)28(2)3/h4-11,13H,12,14H2,1-3H3. The van der Waals surface area contributed by atoms with E-state index in [9.17, 15) is 4.79 Å². The van der Waals surface area contributed by atoms with E-state index in [1.165, 1.54) is 11.3 Å². The summed E-state index contributed by atoms with van der Waals surface area (Å²) in [7, 11) is 3.51. The van der Waals surface area contributed by atoms with Gasteiger partial charge in [-0.05, 0) is 48.9 Å². The molecule has 0 saturated heterocycles. The number of hydrogen-bond donors (Lipinski definition) is 0. The molecule has 0 bridgehead atoms. The van der Waals surface area contributed by atoms with Crippen LogP contribution < -0.4 is 0 Å². The summed E-state index contributed by atoms with van der Waals surface area (Å²) < 4.78 is 2.06. The van der Waals surface area contributed by atoms with Crippen LogP contribution >= 0.6 is 34.7 Å². The van der Waals surface area contributed by atoms with Crippen molar-refractivity contribution in [3.05, 3.63) is 75.2 Å². The maximum absolute atomic E-state index is 11.9. The molecule has 0 fully saturated rings. The number of amides is 1. The maximum atomic E-state index is 11.9. The van der Waals surface area contributed by atoms with Crippen molar-refractivity contribution in [1.82, 2.24) is 24.6 Å². The highest BCUT2D eigenvalue weighted by molar-refractivity contribution is 7.98. The molecule has 0 unspecified atom stereocenters. The molecule has 0 aliphatic rings. The molecule has 2 heterocycles. The van der Waals surface area contributed by atoms with Gasteiger partial charge in [-0.25, -0.2) is 4.98 Å². The van der Waals surface area contributed by atoms with Crippen LogP contribution in [0.5, 0.6) is 0 Å². The molecule has 2 aromatic heterocycles. The fourth-order valence-corrected chi connectivity index (χ4v) is 4.93. The number of benzene rings is 2. The van der Waals surface area contributed by atoms with Gasteiger partial charge in [-0.15, -0.1) is 21.5 Å². The number of halogens is 1. The third-order valence-electron chi connectivity index (χ3n) is 4.75. The van der Waals surface area contributed by atoms with Crippen LogP contribution in [0.15, 0.2) is 59.1 Å². The molecule has 0 radical (unpaired) electrons. The SMILES string of the molecule is Cc1cccc(-n2c(SCc3csc(CC(=O)N(C)C)n3)nnc2-c2ccc(Cl)cc2)c1. The summed E-state index contributed by atoms with van der Waals surface area (Å²) in [5.41, 5.74) is 4.02. The van der Waals surface area contributed by atoms with Crippen LogP contribution in [0.3, 0.4) is 0 Å². The molecule has 4 rings (SSSR count). The largest absolute Gasteiger partial charge is 0.348 e. The van der Waals surface area contributed by atoms with E-state index in [1.54, 1.807) is 30.8 Å². The number of aromatic nitrogens is 4. The van der Waals surface area contributed by atoms with Gasteiger partial charge in [-0.3, -0.25) is 9.36 Å². The van der Waals surface area contributed by atoms with Crippen molar-refractivity contribution in [2.45, 2.75) is 24.3 Å². The first-order chi connectivity index (χ1) is 15.4. The van der Waals surface area contributed by atoms with Gasteiger partial charge in [-0.1, -0.05) is 35.5 Å². The first kappa shape index (κ1) is 22.5. The van der Waals surface area contributed by atoms with Crippen LogP contribution in [0, 0.1) is 6.92 Å². The molecule has 2 aromatic carbocycles. The lowest BCUT2D eigenvalue weighted by Crippen LogP contribution is -2.23. The van der Waals surface area contributed by atoms with Crippen LogP contribution in [0.4, 0.5) is 0 Å². The number of thioether (sulfide) groups is 1. The predicted molar refractivity (Wildman–Crippen MR) is 131 cm³/mol. The average molecular weight is 484 g/mol. The van der Waals surface area contributed by atoms with E-state index >= 15 is 0 Å². The van der Waals surface area contributed by atoms with Crippen molar-refractivity contribution in [3.8, 4) is 17.1 Å². The zero-order chi connectivity index (χ0) is 22.7. The van der Waals surface area contributed by atoms with Crippen molar-refractivity contribution in [2.24, 2.45) is 0 Å². The summed E-state index contributed by atoms with van der Waals surface area (Å²) in [6.45, 7) is 2.06. The van der Waals surface area contributed by atoms with Gasteiger partial charge < -0.3 is 4.90 Å². The normalized spacial score (nSPS) is 11.0. The Morgan fingerprint density at radius 2 is 1.94 bits per heavy atom.